The van der Waals surface area contributed by atoms with Crippen molar-refractivity contribution in [3.8, 4) is 5.75 Å². The third-order valence-corrected chi connectivity index (χ3v) is 10.1. The second-order valence-corrected chi connectivity index (χ2v) is 12.1. The molecular weight excluding hydrogens is 408 g/mol. The van der Waals surface area contributed by atoms with E-state index in [1.807, 2.05) is 24.3 Å². The average Bonchev–Trinajstić information content (AvgIpc) is 3.42. The second-order valence-electron chi connectivity index (χ2n) is 8.76. The summed E-state index contributed by atoms with van der Waals surface area (Å²) < 4.78 is 29.6. The molecule has 0 unspecified atom stereocenters. The van der Waals surface area contributed by atoms with E-state index in [-0.39, 0.29) is 35.1 Å². The SMILES string of the molecule is COc1ccc(CC(=O)N=C2S[C@@H]3CS(=O)(=O)C[C@@H]3N2[C@@H]2C[C@H]3CC[C@H]2C3)cc1. The van der Waals surface area contributed by atoms with Crippen molar-refractivity contribution in [1.29, 1.82) is 0 Å². The molecule has 0 aromatic heterocycles. The molecule has 1 aromatic carbocycles. The molecule has 2 bridgehead atoms. The lowest BCUT2D eigenvalue weighted by Crippen LogP contribution is -2.47. The van der Waals surface area contributed by atoms with E-state index in [0.29, 0.717) is 12.0 Å². The predicted octanol–water partition coefficient (Wildman–Crippen LogP) is 2.52. The highest BCUT2D eigenvalue weighted by Crippen LogP contribution is 2.51. The number of nitrogens with zero attached hydrogens (tertiary/aromatic N) is 2. The highest BCUT2D eigenvalue weighted by molar-refractivity contribution is 8.15. The molecule has 2 saturated carbocycles. The molecule has 5 rings (SSSR count). The number of methoxy groups -OCH3 is 1. The Labute approximate surface area is 176 Å². The van der Waals surface area contributed by atoms with Crippen LogP contribution < -0.4 is 4.74 Å². The van der Waals surface area contributed by atoms with Crippen LogP contribution in [0.2, 0.25) is 0 Å². The average molecular weight is 435 g/mol. The number of hydrogen-bond acceptors (Lipinski definition) is 5. The van der Waals surface area contributed by atoms with Crippen LogP contribution in [-0.2, 0) is 21.1 Å². The number of amides is 1. The van der Waals surface area contributed by atoms with Crippen LogP contribution in [0.4, 0.5) is 0 Å². The summed E-state index contributed by atoms with van der Waals surface area (Å²) in [6.45, 7) is 0. The van der Waals surface area contributed by atoms with Crippen molar-refractivity contribution in [2.75, 3.05) is 18.6 Å². The standard InChI is InChI=1S/C21H26N2O4S2/c1-27-16-6-3-13(4-7-16)10-20(24)22-21-23(17-9-14-2-5-15(17)8-14)18-11-29(25,26)12-19(18)28-21/h3-4,6-7,14-15,17-19H,2,5,8-12H2,1H3/t14-,15-,17+,18-,19+/m0/s1. The van der Waals surface area contributed by atoms with Gasteiger partial charge in [-0.05, 0) is 48.8 Å². The molecule has 29 heavy (non-hydrogen) atoms. The second kappa shape index (κ2) is 7.30. The van der Waals surface area contributed by atoms with Gasteiger partial charge < -0.3 is 9.64 Å². The Morgan fingerprint density at radius 2 is 1.97 bits per heavy atom. The summed E-state index contributed by atoms with van der Waals surface area (Å²) in [4.78, 5) is 19.5. The van der Waals surface area contributed by atoms with Gasteiger partial charge in [-0.1, -0.05) is 30.3 Å². The number of aliphatic imine (C=N–C) groups is 1. The van der Waals surface area contributed by atoms with Gasteiger partial charge in [-0.2, -0.15) is 4.99 Å². The van der Waals surface area contributed by atoms with Crippen LogP contribution in [0.5, 0.6) is 5.75 Å². The Kier molecular flexibility index (Phi) is 4.89. The van der Waals surface area contributed by atoms with Gasteiger partial charge in [0, 0.05) is 11.3 Å². The largest absolute Gasteiger partial charge is 0.497 e. The number of thioether (sulfide) groups is 1. The van der Waals surface area contributed by atoms with Crippen molar-refractivity contribution in [3.05, 3.63) is 29.8 Å². The minimum absolute atomic E-state index is 0.00617. The van der Waals surface area contributed by atoms with E-state index < -0.39 is 9.84 Å². The molecule has 2 aliphatic carbocycles. The third-order valence-electron chi connectivity index (χ3n) is 6.90. The minimum Gasteiger partial charge on any atom is -0.497 e. The number of rotatable bonds is 4. The number of sulfone groups is 1. The van der Waals surface area contributed by atoms with E-state index in [0.717, 1.165) is 28.8 Å². The molecule has 0 spiro atoms. The van der Waals surface area contributed by atoms with E-state index in [2.05, 4.69) is 9.89 Å². The van der Waals surface area contributed by atoms with E-state index in [1.165, 1.54) is 31.0 Å². The molecule has 0 N–H and O–H groups in total. The number of carbonyl (C=O) groups excluding carboxylic acids is 1. The van der Waals surface area contributed by atoms with Gasteiger partial charge in [0.2, 0.25) is 0 Å². The summed E-state index contributed by atoms with van der Waals surface area (Å²) in [6, 6.07) is 7.77. The molecule has 2 saturated heterocycles. The topological polar surface area (TPSA) is 76.0 Å². The Balaban J connectivity index is 1.37. The summed E-state index contributed by atoms with van der Waals surface area (Å²) in [5.41, 5.74) is 0.900. The van der Waals surface area contributed by atoms with Gasteiger partial charge in [-0.15, -0.1) is 0 Å². The van der Waals surface area contributed by atoms with Crippen LogP contribution in [0.15, 0.2) is 29.3 Å². The zero-order valence-electron chi connectivity index (χ0n) is 16.5. The molecule has 156 valence electrons. The van der Waals surface area contributed by atoms with E-state index in [9.17, 15) is 13.2 Å². The molecule has 2 heterocycles. The van der Waals surface area contributed by atoms with E-state index in [4.69, 9.17) is 4.74 Å². The highest BCUT2D eigenvalue weighted by atomic mass is 32.2. The minimum atomic E-state index is -3.00. The van der Waals surface area contributed by atoms with Gasteiger partial charge in [0.1, 0.15) is 5.75 Å². The quantitative estimate of drug-likeness (QED) is 0.725. The van der Waals surface area contributed by atoms with Crippen LogP contribution in [-0.4, -0.2) is 60.3 Å². The maximum absolute atomic E-state index is 12.7. The Bertz CT molecular complexity index is 944. The number of hydrogen-bond donors (Lipinski definition) is 0. The maximum Gasteiger partial charge on any atom is 0.252 e. The number of amidine groups is 1. The Hall–Kier alpha value is -1.54. The van der Waals surface area contributed by atoms with Gasteiger partial charge >= 0.3 is 0 Å². The first-order chi connectivity index (χ1) is 13.9. The lowest BCUT2D eigenvalue weighted by molar-refractivity contribution is -0.117. The van der Waals surface area contributed by atoms with Gasteiger partial charge in [0.05, 0.1) is 31.1 Å². The Morgan fingerprint density at radius 1 is 1.17 bits per heavy atom. The van der Waals surface area contributed by atoms with Crippen LogP contribution >= 0.6 is 11.8 Å². The molecule has 6 nitrogen and oxygen atoms in total. The molecule has 8 heteroatoms. The van der Waals surface area contributed by atoms with Gasteiger partial charge in [0.15, 0.2) is 15.0 Å². The Morgan fingerprint density at radius 3 is 2.62 bits per heavy atom. The number of fused-ring (bicyclic) bond motifs is 3. The summed E-state index contributed by atoms with van der Waals surface area (Å²) in [6.07, 6.45) is 5.10. The summed E-state index contributed by atoms with van der Waals surface area (Å²) in [5.74, 6) is 2.35. The van der Waals surface area contributed by atoms with Crippen molar-refractivity contribution in [1.82, 2.24) is 4.90 Å². The van der Waals surface area contributed by atoms with Gasteiger partial charge in [-0.3, -0.25) is 4.79 Å². The first-order valence-electron chi connectivity index (χ1n) is 10.3. The first kappa shape index (κ1) is 19.4. The van der Waals surface area contributed by atoms with Gasteiger partial charge in [-0.25, -0.2) is 8.42 Å². The van der Waals surface area contributed by atoms with Crippen molar-refractivity contribution in [2.24, 2.45) is 16.8 Å². The van der Waals surface area contributed by atoms with Crippen LogP contribution in [0, 0.1) is 11.8 Å². The number of ether oxygens (including phenoxy) is 1. The number of carbonyl (C=O) groups is 1. The van der Waals surface area contributed by atoms with Crippen LogP contribution in [0.3, 0.4) is 0 Å². The molecule has 5 atom stereocenters. The monoisotopic (exact) mass is 434 g/mol. The van der Waals surface area contributed by atoms with Crippen molar-refractivity contribution < 1.29 is 17.9 Å². The lowest BCUT2D eigenvalue weighted by Gasteiger charge is -2.36. The summed E-state index contributed by atoms with van der Waals surface area (Å²) in [5, 5.41) is 0.762. The van der Waals surface area contributed by atoms with E-state index in [1.54, 1.807) is 7.11 Å². The van der Waals surface area contributed by atoms with Crippen molar-refractivity contribution in [3.63, 3.8) is 0 Å². The predicted molar refractivity (Wildman–Crippen MR) is 114 cm³/mol. The molecular formula is C21H26N2O4S2. The fraction of sp³-hybridized carbons (Fsp3) is 0.619. The van der Waals surface area contributed by atoms with Crippen LogP contribution in [0.25, 0.3) is 0 Å². The fourth-order valence-corrected chi connectivity index (χ4v) is 9.59. The van der Waals surface area contributed by atoms with Crippen molar-refractivity contribution >= 4 is 32.7 Å². The molecule has 4 aliphatic rings. The van der Waals surface area contributed by atoms with E-state index >= 15 is 0 Å². The third kappa shape index (κ3) is 3.69. The summed E-state index contributed by atoms with van der Waals surface area (Å²) >= 11 is 1.51. The highest BCUT2D eigenvalue weighted by Gasteiger charge is 2.54. The molecule has 0 radical (unpaired) electrons. The molecule has 4 fully saturated rings. The lowest BCUT2D eigenvalue weighted by atomic mass is 9.93. The zero-order valence-corrected chi connectivity index (χ0v) is 18.1. The smallest absolute Gasteiger partial charge is 0.252 e. The molecule has 1 amide bonds. The fourth-order valence-electron chi connectivity index (χ4n) is 5.59. The maximum atomic E-state index is 12.7. The summed E-state index contributed by atoms with van der Waals surface area (Å²) in [7, 11) is -1.39. The first-order valence-corrected chi connectivity index (χ1v) is 13.0. The molecule has 2 aliphatic heterocycles. The van der Waals surface area contributed by atoms with Gasteiger partial charge in [0.25, 0.3) is 5.91 Å². The molecule has 1 aromatic rings. The number of benzene rings is 1. The van der Waals surface area contributed by atoms with Crippen LogP contribution in [0.1, 0.15) is 31.2 Å². The van der Waals surface area contributed by atoms with Crippen molar-refractivity contribution in [2.45, 2.75) is 49.4 Å². The normalized spacial score (nSPS) is 36.0. The zero-order chi connectivity index (χ0) is 20.2.